The van der Waals surface area contributed by atoms with Crippen LogP contribution in [0.15, 0.2) is 77.6 Å². The molecule has 0 saturated heterocycles. The molecule has 4 rings (SSSR count). The first-order valence-electron chi connectivity index (χ1n) is 11.2. The van der Waals surface area contributed by atoms with Gasteiger partial charge in [-0.15, -0.1) is 5.10 Å². The van der Waals surface area contributed by atoms with Crippen LogP contribution in [0.3, 0.4) is 0 Å². The quantitative estimate of drug-likeness (QED) is 0.326. The second-order valence-corrected chi connectivity index (χ2v) is 8.09. The first kappa shape index (κ1) is 24.6. The van der Waals surface area contributed by atoms with Gasteiger partial charge in [0.25, 0.3) is 11.5 Å². The summed E-state index contributed by atoms with van der Waals surface area (Å²) in [5, 5.41) is 31.5. The molecule has 0 radical (unpaired) electrons. The summed E-state index contributed by atoms with van der Waals surface area (Å²) >= 11 is 0. The summed E-state index contributed by atoms with van der Waals surface area (Å²) < 4.78 is 6.31. The monoisotopic (exact) mass is 488 g/mol. The first-order valence-corrected chi connectivity index (χ1v) is 11.2. The fourth-order valence-electron chi connectivity index (χ4n) is 3.87. The fraction of sp³-hybridized carbons (Fsp3) is 0.192. The Morgan fingerprint density at radius 1 is 1.03 bits per heavy atom. The molecular weight excluding hydrogens is 464 g/mol. The lowest BCUT2D eigenvalue weighted by Crippen LogP contribution is -2.29. The summed E-state index contributed by atoms with van der Waals surface area (Å²) in [5.41, 5.74) is 1.25. The van der Waals surface area contributed by atoms with Crippen molar-refractivity contribution in [1.29, 1.82) is 0 Å². The number of benzene rings is 3. The molecule has 0 fully saturated rings. The van der Waals surface area contributed by atoms with Crippen LogP contribution < -0.4 is 15.6 Å². The molecule has 0 aliphatic heterocycles. The number of nitrogens with zero attached hydrogens (tertiary/aromatic N) is 3. The van der Waals surface area contributed by atoms with Crippen molar-refractivity contribution in [1.82, 2.24) is 15.0 Å². The van der Waals surface area contributed by atoms with Gasteiger partial charge in [-0.2, -0.15) is 0 Å². The zero-order valence-corrected chi connectivity index (χ0v) is 19.4. The number of hydrogen-bond acceptors (Lipinski definition) is 7. The van der Waals surface area contributed by atoms with Crippen molar-refractivity contribution < 1.29 is 24.5 Å². The molecule has 1 aromatic heterocycles. The minimum atomic E-state index is -1.34. The number of para-hydroxylation sites is 1. The number of carboxylic acid groups (broad SMARTS) is 1. The van der Waals surface area contributed by atoms with Crippen molar-refractivity contribution in [2.75, 3.05) is 12.4 Å². The molecule has 1 heterocycles. The highest BCUT2D eigenvalue weighted by Crippen LogP contribution is 2.27. The molecule has 184 valence electrons. The molecule has 0 spiro atoms. The largest absolute Gasteiger partial charge is 0.496 e. The number of anilines is 1. The first-order chi connectivity index (χ1) is 17.4. The average molecular weight is 489 g/mol. The van der Waals surface area contributed by atoms with Crippen molar-refractivity contribution in [2.24, 2.45) is 5.92 Å². The molecule has 0 unspecified atom stereocenters. The number of methoxy groups -OCH3 is 1. The van der Waals surface area contributed by atoms with E-state index >= 15 is 0 Å². The normalized spacial score (nSPS) is 12.6. The van der Waals surface area contributed by atoms with Crippen LogP contribution in [0.25, 0.3) is 10.9 Å². The van der Waals surface area contributed by atoms with Gasteiger partial charge in [0.15, 0.2) is 0 Å². The van der Waals surface area contributed by atoms with Crippen LogP contribution >= 0.6 is 0 Å². The fourth-order valence-corrected chi connectivity index (χ4v) is 3.87. The summed E-state index contributed by atoms with van der Waals surface area (Å²) in [4.78, 5) is 37.1. The number of fused-ring (bicyclic) bond motifs is 1. The standard InChI is InChI=1S/C26H24N4O6/c1-36-22-9-5-3-7-19(22)24(32)27-17-12-10-16(11-13-17)23(31)20(26(34)35)14-15-30-25(33)18-6-2-4-8-21(18)28-29-30/h2-13,20,23,31H,14-15H2,1H3,(H,27,32)(H,34,35)/t20-,23+/m0/s1. The third-order valence-electron chi connectivity index (χ3n) is 5.84. The lowest BCUT2D eigenvalue weighted by molar-refractivity contribution is -0.146. The predicted molar refractivity (Wildman–Crippen MR) is 132 cm³/mol. The Morgan fingerprint density at radius 2 is 1.72 bits per heavy atom. The maximum atomic E-state index is 12.6. The van der Waals surface area contributed by atoms with E-state index in [4.69, 9.17) is 4.74 Å². The number of carbonyl (C=O) groups is 2. The van der Waals surface area contributed by atoms with Gasteiger partial charge in [0.05, 0.1) is 30.1 Å². The molecule has 4 aromatic rings. The summed E-state index contributed by atoms with van der Waals surface area (Å²) in [6, 6.07) is 19.8. The van der Waals surface area contributed by atoms with Gasteiger partial charge in [0, 0.05) is 12.2 Å². The van der Waals surface area contributed by atoms with Gasteiger partial charge in [-0.1, -0.05) is 41.6 Å². The van der Waals surface area contributed by atoms with Crippen molar-refractivity contribution in [3.05, 3.63) is 94.3 Å². The van der Waals surface area contributed by atoms with Crippen LogP contribution in [-0.4, -0.2) is 44.2 Å². The summed E-state index contributed by atoms with van der Waals surface area (Å²) in [5.74, 6) is -2.34. The van der Waals surface area contributed by atoms with Crippen molar-refractivity contribution >= 4 is 28.5 Å². The molecule has 36 heavy (non-hydrogen) atoms. The van der Waals surface area contributed by atoms with E-state index in [1.54, 1.807) is 72.8 Å². The van der Waals surface area contributed by atoms with Gasteiger partial charge in [-0.05, 0) is 48.4 Å². The minimum Gasteiger partial charge on any atom is -0.496 e. The third kappa shape index (κ3) is 5.23. The van der Waals surface area contributed by atoms with Gasteiger partial charge in [-0.25, -0.2) is 4.68 Å². The van der Waals surface area contributed by atoms with Gasteiger partial charge in [0.1, 0.15) is 11.3 Å². The van der Waals surface area contributed by atoms with Crippen LogP contribution in [0.2, 0.25) is 0 Å². The molecule has 0 bridgehead atoms. The van der Waals surface area contributed by atoms with Crippen LogP contribution in [0.4, 0.5) is 5.69 Å². The van der Waals surface area contributed by atoms with E-state index in [2.05, 4.69) is 15.6 Å². The number of aliphatic hydroxyl groups excluding tert-OH is 1. The Hall–Kier alpha value is -4.57. The van der Waals surface area contributed by atoms with Gasteiger partial charge in [0.2, 0.25) is 0 Å². The predicted octanol–water partition coefficient (Wildman–Crippen LogP) is 2.88. The summed E-state index contributed by atoms with van der Waals surface area (Å²) in [7, 11) is 1.48. The van der Waals surface area contributed by atoms with Gasteiger partial charge < -0.3 is 20.3 Å². The number of carbonyl (C=O) groups excluding carboxylic acids is 1. The Morgan fingerprint density at radius 3 is 2.44 bits per heavy atom. The molecular formula is C26H24N4O6. The van der Waals surface area contributed by atoms with Gasteiger partial charge >= 0.3 is 5.97 Å². The molecule has 2 atom stereocenters. The van der Waals surface area contributed by atoms with Crippen molar-refractivity contribution in [3.63, 3.8) is 0 Å². The van der Waals surface area contributed by atoms with E-state index in [1.807, 2.05) is 0 Å². The number of hydrogen-bond donors (Lipinski definition) is 3. The summed E-state index contributed by atoms with van der Waals surface area (Å²) in [6.45, 7) is -0.0300. The molecule has 3 N–H and O–H groups in total. The van der Waals surface area contributed by atoms with Crippen LogP contribution in [0.5, 0.6) is 5.75 Å². The van der Waals surface area contributed by atoms with E-state index in [0.717, 1.165) is 4.68 Å². The van der Waals surface area contributed by atoms with E-state index in [0.29, 0.717) is 33.5 Å². The number of ether oxygens (including phenoxy) is 1. The maximum absolute atomic E-state index is 12.6. The molecule has 10 nitrogen and oxygen atoms in total. The SMILES string of the molecule is COc1ccccc1C(=O)Nc1ccc([C@@H](O)[C@H](CCn2nnc3ccccc3c2=O)C(=O)O)cc1. The number of carboxylic acids is 1. The zero-order chi connectivity index (χ0) is 25.7. The van der Waals surface area contributed by atoms with Crippen molar-refractivity contribution in [2.45, 2.75) is 19.1 Å². The minimum absolute atomic E-state index is 0.0300. The zero-order valence-electron chi connectivity index (χ0n) is 19.4. The lowest BCUT2D eigenvalue weighted by Gasteiger charge is -2.20. The van der Waals surface area contributed by atoms with E-state index in [-0.39, 0.29) is 24.4 Å². The van der Waals surface area contributed by atoms with Crippen LogP contribution in [0.1, 0.15) is 28.4 Å². The number of aromatic nitrogens is 3. The molecule has 0 aliphatic rings. The molecule has 0 aliphatic carbocycles. The van der Waals surface area contributed by atoms with Crippen LogP contribution in [0, 0.1) is 5.92 Å². The Kier molecular flexibility index (Phi) is 7.36. The smallest absolute Gasteiger partial charge is 0.309 e. The topological polar surface area (TPSA) is 144 Å². The Bertz CT molecular complexity index is 1450. The van der Waals surface area contributed by atoms with Crippen LogP contribution in [-0.2, 0) is 11.3 Å². The van der Waals surface area contributed by atoms with E-state index < -0.39 is 18.0 Å². The highest BCUT2D eigenvalue weighted by molar-refractivity contribution is 6.06. The number of amides is 1. The van der Waals surface area contributed by atoms with Crippen molar-refractivity contribution in [3.8, 4) is 5.75 Å². The number of aryl methyl sites for hydroxylation is 1. The highest BCUT2D eigenvalue weighted by Gasteiger charge is 2.28. The molecule has 0 saturated carbocycles. The average Bonchev–Trinajstić information content (AvgIpc) is 2.90. The van der Waals surface area contributed by atoms with E-state index in [9.17, 15) is 24.6 Å². The Balaban J connectivity index is 1.45. The molecule has 1 amide bonds. The van der Waals surface area contributed by atoms with E-state index in [1.165, 1.54) is 7.11 Å². The van der Waals surface area contributed by atoms with Gasteiger partial charge in [-0.3, -0.25) is 14.4 Å². The second-order valence-electron chi connectivity index (χ2n) is 8.09. The lowest BCUT2D eigenvalue weighted by atomic mass is 9.92. The Labute approximate surface area is 205 Å². The second kappa shape index (κ2) is 10.8. The number of nitrogens with one attached hydrogen (secondary N) is 1. The summed E-state index contributed by atoms with van der Waals surface area (Å²) in [6.07, 6.45) is -1.39. The maximum Gasteiger partial charge on any atom is 0.309 e. The number of rotatable bonds is 9. The highest BCUT2D eigenvalue weighted by atomic mass is 16.5. The number of aliphatic carboxylic acids is 1. The molecule has 10 heteroatoms. The third-order valence-corrected chi connectivity index (χ3v) is 5.84. The molecule has 3 aromatic carbocycles. The number of aliphatic hydroxyl groups is 1.